The van der Waals surface area contributed by atoms with Crippen LogP contribution in [0.5, 0.6) is 0 Å². The molecule has 1 aliphatic rings. The van der Waals surface area contributed by atoms with Crippen molar-refractivity contribution in [1.82, 2.24) is 14.9 Å². The van der Waals surface area contributed by atoms with Crippen LogP contribution in [0.1, 0.15) is 0 Å². The normalized spacial score (nSPS) is 14.2. The van der Waals surface area contributed by atoms with E-state index in [9.17, 15) is 13.2 Å². The molecule has 2 amide bonds. The van der Waals surface area contributed by atoms with E-state index >= 15 is 0 Å². The molecule has 1 saturated heterocycles. The number of urea groups is 1. The van der Waals surface area contributed by atoms with E-state index in [1.807, 2.05) is 6.07 Å². The number of carbonyl (C=O) groups excluding carboxylic acids is 1. The van der Waals surface area contributed by atoms with Crippen LogP contribution in [0.2, 0.25) is 5.02 Å². The first-order chi connectivity index (χ1) is 15.4. The molecule has 0 saturated carbocycles. The summed E-state index contributed by atoms with van der Waals surface area (Å²) < 4.78 is 27.5. The average molecular weight is 473 g/mol. The van der Waals surface area contributed by atoms with Crippen LogP contribution < -0.4 is 14.9 Å². The van der Waals surface area contributed by atoms with Gasteiger partial charge in [0.25, 0.3) is 10.0 Å². The largest absolute Gasteiger partial charge is 0.368 e. The summed E-state index contributed by atoms with van der Waals surface area (Å²) in [6.45, 7) is 2.32. The zero-order valence-electron chi connectivity index (χ0n) is 17.0. The van der Waals surface area contributed by atoms with Crippen molar-refractivity contribution in [2.24, 2.45) is 0 Å². The van der Waals surface area contributed by atoms with Gasteiger partial charge in [-0.15, -0.1) is 0 Å². The van der Waals surface area contributed by atoms with Crippen molar-refractivity contribution in [3.63, 3.8) is 0 Å². The van der Waals surface area contributed by atoms with Crippen LogP contribution in [0, 0.1) is 0 Å². The van der Waals surface area contributed by atoms with Gasteiger partial charge in [-0.2, -0.15) is 0 Å². The predicted molar refractivity (Wildman–Crippen MR) is 124 cm³/mol. The van der Waals surface area contributed by atoms with Crippen molar-refractivity contribution in [2.45, 2.75) is 4.90 Å². The highest BCUT2D eigenvalue weighted by Gasteiger charge is 2.22. The van der Waals surface area contributed by atoms with Crippen LogP contribution in [-0.4, -0.2) is 55.5 Å². The highest BCUT2D eigenvalue weighted by atomic mass is 35.5. The van der Waals surface area contributed by atoms with E-state index in [2.05, 4.69) is 24.9 Å². The number of nitrogens with one attached hydrogen (secondary N) is 2. The highest BCUT2D eigenvalue weighted by molar-refractivity contribution is 7.92. The molecule has 2 heterocycles. The minimum atomic E-state index is -3.74. The summed E-state index contributed by atoms with van der Waals surface area (Å²) in [5.41, 5.74) is 1.46. The molecule has 1 aromatic heterocycles. The molecule has 166 valence electrons. The van der Waals surface area contributed by atoms with Crippen molar-refractivity contribution in [3.8, 4) is 0 Å². The number of para-hydroxylation sites is 1. The van der Waals surface area contributed by atoms with Gasteiger partial charge in [0.05, 0.1) is 15.6 Å². The lowest BCUT2D eigenvalue weighted by Crippen LogP contribution is -2.50. The molecule has 32 heavy (non-hydrogen) atoms. The molecule has 1 fully saturated rings. The Morgan fingerprint density at radius 3 is 2.34 bits per heavy atom. The second-order valence-electron chi connectivity index (χ2n) is 7.08. The van der Waals surface area contributed by atoms with Gasteiger partial charge in [0.2, 0.25) is 0 Å². The summed E-state index contributed by atoms with van der Waals surface area (Å²) in [4.78, 5) is 24.1. The standard InChI is InChI=1S/C21H21ClN6O3S/c22-18-3-1-2-4-19(18)25-21(29)28-13-11-27(12-14-28)16-5-7-17(8-6-16)32(30,31)26-20-9-10-23-15-24-20/h1-10,15H,11-14H2,(H,25,29)(H,23,24,26). The number of nitrogens with zero attached hydrogens (tertiary/aromatic N) is 4. The molecule has 4 rings (SSSR count). The minimum absolute atomic E-state index is 0.137. The smallest absolute Gasteiger partial charge is 0.322 e. The number of halogens is 1. The second kappa shape index (κ2) is 9.41. The fourth-order valence-corrected chi connectivity index (χ4v) is 4.50. The van der Waals surface area contributed by atoms with E-state index in [1.54, 1.807) is 47.4 Å². The van der Waals surface area contributed by atoms with E-state index in [-0.39, 0.29) is 16.7 Å². The number of aromatic nitrogens is 2. The predicted octanol–water partition coefficient (Wildman–Crippen LogP) is 3.28. The Morgan fingerprint density at radius 1 is 0.969 bits per heavy atom. The van der Waals surface area contributed by atoms with Crippen LogP contribution >= 0.6 is 11.6 Å². The summed E-state index contributed by atoms with van der Waals surface area (Å²) in [6, 6.07) is 15.0. The molecular formula is C21H21ClN6O3S. The summed E-state index contributed by atoms with van der Waals surface area (Å²) in [5, 5.41) is 3.32. The Balaban J connectivity index is 1.35. The molecule has 9 nitrogen and oxygen atoms in total. The van der Waals surface area contributed by atoms with E-state index < -0.39 is 10.0 Å². The maximum atomic E-state index is 12.5. The van der Waals surface area contributed by atoms with Crippen molar-refractivity contribution in [3.05, 3.63) is 72.1 Å². The fraction of sp³-hybridized carbons (Fsp3) is 0.190. The second-order valence-corrected chi connectivity index (χ2v) is 9.17. The zero-order valence-corrected chi connectivity index (χ0v) is 18.6. The van der Waals surface area contributed by atoms with Gasteiger partial charge in [0, 0.05) is 38.1 Å². The third-order valence-corrected chi connectivity index (χ3v) is 6.72. The molecule has 0 unspecified atom stereocenters. The molecule has 11 heteroatoms. The van der Waals surface area contributed by atoms with Gasteiger partial charge >= 0.3 is 6.03 Å². The quantitative estimate of drug-likeness (QED) is 0.590. The van der Waals surface area contributed by atoms with E-state index in [0.717, 1.165) is 5.69 Å². The Morgan fingerprint density at radius 2 is 1.69 bits per heavy atom. The Hall–Kier alpha value is -3.37. The summed E-state index contributed by atoms with van der Waals surface area (Å²) >= 11 is 6.11. The summed E-state index contributed by atoms with van der Waals surface area (Å²) in [6.07, 6.45) is 2.73. The van der Waals surface area contributed by atoms with Crippen LogP contribution in [0.15, 0.2) is 72.0 Å². The van der Waals surface area contributed by atoms with Crippen LogP contribution in [0.25, 0.3) is 0 Å². The van der Waals surface area contributed by atoms with Gasteiger partial charge in [-0.3, -0.25) is 4.72 Å². The number of hydrogen-bond donors (Lipinski definition) is 2. The minimum Gasteiger partial charge on any atom is -0.368 e. The molecule has 0 spiro atoms. The summed E-state index contributed by atoms with van der Waals surface area (Å²) in [7, 11) is -3.74. The Labute approximate surface area is 191 Å². The van der Waals surface area contributed by atoms with Crippen molar-refractivity contribution in [1.29, 1.82) is 0 Å². The molecule has 0 atom stereocenters. The number of carbonyl (C=O) groups is 1. The first-order valence-corrected chi connectivity index (χ1v) is 11.7. The highest BCUT2D eigenvalue weighted by Crippen LogP contribution is 2.23. The number of amides is 2. The lowest BCUT2D eigenvalue weighted by molar-refractivity contribution is 0.208. The fourth-order valence-electron chi connectivity index (χ4n) is 3.31. The lowest BCUT2D eigenvalue weighted by Gasteiger charge is -2.36. The molecule has 0 bridgehead atoms. The van der Waals surface area contributed by atoms with Crippen molar-refractivity contribution >= 4 is 44.8 Å². The average Bonchev–Trinajstić information content (AvgIpc) is 2.81. The van der Waals surface area contributed by atoms with E-state index in [1.165, 1.54) is 18.6 Å². The number of sulfonamides is 1. The first kappa shape index (κ1) is 21.8. The van der Waals surface area contributed by atoms with Crippen molar-refractivity contribution in [2.75, 3.05) is 41.1 Å². The lowest BCUT2D eigenvalue weighted by atomic mass is 10.2. The number of hydrogen-bond acceptors (Lipinski definition) is 6. The SMILES string of the molecule is O=C(Nc1ccccc1Cl)N1CCN(c2ccc(S(=O)(=O)Nc3ccncn3)cc2)CC1. The number of rotatable bonds is 5. The topological polar surface area (TPSA) is 108 Å². The third-order valence-electron chi connectivity index (χ3n) is 5.02. The van der Waals surface area contributed by atoms with Crippen molar-refractivity contribution < 1.29 is 13.2 Å². The molecule has 1 aliphatic heterocycles. The molecular weight excluding hydrogens is 452 g/mol. The molecule has 3 aromatic rings. The van der Waals surface area contributed by atoms with Gasteiger partial charge < -0.3 is 15.1 Å². The number of benzene rings is 2. The third kappa shape index (κ3) is 5.09. The first-order valence-electron chi connectivity index (χ1n) is 9.87. The van der Waals surface area contributed by atoms with Crippen LogP contribution in [-0.2, 0) is 10.0 Å². The zero-order chi connectivity index (χ0) is 22.6. The van der Waals surface area contributed by atoms with Gasteiger partial charge in [0.15, 0.2) is 0 Å². The number of anilines is 3. The Bertz CT molecular complexity index is 1180. The van der Waals surface area contributed by atoms with Gasteiger partial charge in [-0.05, 0) is 42.5 Å². The van der Waals surface area contributed by atoms with Gasteiger partial charge in [0.1, 0.15) is 12.1 Å². The maximum absolute atomic E-state index is 12.5. The molecule has 0 radical (unpaired) electrons. The maximum Gasteiger partial charge on any atom is 0.322 e. The summed E-state index contributed by atoms with van der Waals surface area (Å²) in [5.74, 6) is 0.204. The van der Waals surface area contributed by atoms with Gasteiger partial charge in [-0.1, -0.05) is 23.7 Å². The molecule has 0 aliphatic carbocycles. The monoisotopic (exact) mass is 472 g/mol. The van der Waals surface area contributed by atoms with E-state index in [0.29, 0.717) is 36.9 Å². The van der Waals surface area contributed by atoms with E-state index in [4.69, 9.17) is 11.6 Å². The van der Waals surface area contributed by atoms with Gasteiger partial charge in [-0.25, -0.2) is 23.2 Å². The molecule has 2 aromatic carbocycles. The molecule has 2 N–H and O–H groups in total. The Kier molecular flexibility index (Phi) is 6.42. The number of piperazine rings is 1. The van der Waals surface area contributed by atoms with Crippen LogP contribution in [0.3, 0.4) is 0 Å². The van der Waals surface area contributed by atoms with Crippen LogP contribution in [0.4, 0.5) is 22.0 Å².